The summed E-state index contributed by atoms with van der Waals surface area (Å²) in [6, 6.07) is 6.67. The minimum atomic E-state index is -3.25. The fraction of sp³-hybridized carbons (Fsp3) is 0.300. The third kappa shape index (κ3) is 4.31. The summed E-state index contributed by atoms with van der Waals surface area (Å²) in [5, 5.41) is 2.52. The molecule has 1 rings (SSSR count). The lowest BCUT2D eigenvalue weighted by molar-refractivity contribution is -0.119. The van der Waals surface area contributed by atoms with Crippen LogP contribution in [-0.2, 0) is 21.2 Å². The van der Waals surface area contributed by atoms with Crippen LogP contribution in [0.15, 0.2) is 24.3 Å². The molecule has 0 aromatic heterocycles. The number of carbonyl (C=O) groups excluding carboxylic acids is 1. The Balaban J connectivity index is 2.72. The summed E-state index contributed by atoms with van der Waals surface area (Å²) in [6.07, 6.45) is 1.38. The minimum Gasteiger partial charge on any atom is -0.359 e. The van der Waals surface area contributed by atoms with Crippen LogP contribution >= 0.6 is 0 Å². The molecule has 16 heavy (non-hydrogen) atoms. The molecule has 0 radical (unpaired) electrons. The van der Waals surface area contributed by atoms with Gasteiger partial charge in [0.1, 0.15) is 0 Å². The summed E-state index contributed by atoms with van der Waals surface area (Å²) in [6.45, 7) is 0. The van der Waals surface area contributed by atoms with E-state index in [2.05, 4.69) is 10.0 Å². The number of hydrogen-bond donors (Lipinski definition) is 2. The quantitative estimate of drug-likeness (QED) is 0.799. The van der Waals surface area contributed by atoms with E-state index in [0.717, 1.165) is 11.8 Å². The molecular formula is C10H14N2O3S. The van der Waals surface area contributed by atoms with Crippen molar-refractivity contribution in [2.75, 3.05) is 18.0 Å². The maximum absolute atomic E-state index is 11.1. The monoisotopic (exact) mass is 242 g/mol. The molecule has 1 aromatic rings. The molecule has 0 atom stereocenters. The van der Waals surface area contributed by atoms with E-state index < -0.39 is 10.0 Å². The summed E-state index contributed by atoms with van der Waals surface area (Å²) >= 11 is 0. The van der Waals surface area contributed by atoms with Crippen LogP contribution in [0, 0.1) is 0 Å². The highest BCUT2D eigenvalue weighted by atomic mass is 32.2. The summed E-state index contributed by atoms with van der Waals surface area (Å²) in [7, 11) is -1.68. The van der Waals surface area contributed by atoms with Gasteiger partial charge in [-0.3, -0.25) is 9.52 Å². The lowest BCUT2D eigenvalue weighted by Crippen LogP contribution is -2.19. The maximum atomic E-state index is 11.1. The topological polar surface area (TPSA) is 75.3 Å². The van der Waals surface area contributed by atoms with Gasteiger partial charge in [-0.05, 0) is 17.7 Å². The summed E-state index contributed by atoms with van der Waals surface area (Å²) < 4.78 is 24.2. The van der Waals surface area contributed by atoms with E-state index in [-0.39, 0.29) is 12.3 Å². The van der Waals surface area contributed by atoms with Gasteiger partial charge in [-0.25, -0.2) is 8.42 Å². The van der Waals surface area contributed by atoms with E-state index in [1.807, 2.05) is 0 Å². The molecule has 0 fully saturated rings. The Hall–Kier alpha value is -1.56. The van der Waals surface area contributed by atoms with E-state index in [9.17, 15) is 13.2 Å². The number of sulfonamides is 1. The van der Waals surface area contributed by atoms with Crippen molar-refractivity contribution < 1.29 is 13.2 Å². The molecule has 0 heterocycles. The van der Waals surface area contributed by atoms with E-state index in [1.54, 1.807) is 31.3 Å². The number of carbonyl (C=O) groups is 1. The van der Waals surface area contributed by atoms with Gasteiger partial charge < -0.3 is 5.32 Å². The molecule has 1 aromatic carbocycles. The van der Waals surface area contributed by atoms with Crippen LogP contribution in [0.4, 0.5) is 5.69 Å². The van der Waals surface area contributed by atoms with Crippen molar-refractivity contribution >= 4 is 21.6 Å². The zero-order chi connectivity index (χ0) is 12.2. The average molecular weight is 242 g/mol. The molecule has 0 saturated carbocycles. The highest BCUT2D eigenvalue weighted by Crippen LogP contribution is 2.11. The third-order valence-corrected chi connectivity index (χ3v) is 2.51. The molecule has 0 spiro atoms. The molecular weight excluding hydrogens is 228 g/mol. The summed E-state index contributed by atoms with van der Waals surface area (Å²) in [4.78, 5) is 11.1. The van der Waals surface area contributed by atoms with Crippen LogP contribution in [0.25, 0.3) is 0 Å². The number of anilines is 1. The molecule has 0 aliphatic carbocycles. The first kappa shape index (κ1) is 12.5. The summed E-state index contributed by atoms with van der Waals surface area (Å²) in [5.74, 6) is -0.0798. The van der Waals surface area contributed by atoms with Gasteiger partial charge in [-0.1, -0.05) is 12.1 Å². The largest absolute Gasteiger partial charge is 0.359 e. The van der Waals surface area contributed by atoms with Gasteiger partial charge in [0.2, 0.25) is 15.9 Å². The lowest BCUT2D eigenvalue weighted by atomic mass is 10.1. The molecule has 0 aliphatic rings. The SMILES string of the molecule is CNC(=O)Cc1ccc(NS(C)(=O)=O)cc1. The van der Waals surface area contributed by atoms with E-state index in [0.29, 0.717) is 5.69 Å². The van der Waals surface area contributed by atoms with Gasteiger partial charge in [0.15, 0.2) is 0 Å². The van der Waals surface area contributed by atoms with E-state index >= 15 is 0 Å². The van der Waals surface area contributed by atoms with Gasteiger partial charge in [0, 0.05) is 12.7 Å². The van der Waals surface area contributed by atoms with Crippen molar-refractivity contribution in [1.82, 2.24) is 5.32 Å². The van der Waals surface area contributed by atoms with Gasteiger partial charge in [-0.2, -0.15) is 0 Å². The normalized spacial score (nSPS) is 10.9. The fourth-order valence-electron chi connectivity index (χ4n) is 1.18. The van der Waals surface area contributed by atoms with Crippen LogP contribution in [0.3, 0.4) is 0 Å². The Morgan fingerprint density at radius 3 is 2.25 bits per heavy atom. The molecule has 0 saturated heterocycles. The van der Waals surface area contributed by atoms with Gasteiger partial charge >= 0.3 is 0 Å². The number of benzene rings is 1. The first-order valence-electron chi connectivity index (χ1n) is 4.68. The molecule has 6 heteroatoms. The second-order valence-corrected chi connectivity index (χ2v) is 5.17. The van der Waals surface area contributed by atoms with Gasteiger partial charge in [0.25, 0.3) is 0 Å². The lowest BCUT2D eigenvalue weighted by Gasteiger charge is -2.05. The molecule has 88 valence electrons. The molecule has 2 N–H and O–H groups in total. The van der Waals surface area contributed by atoms with Crippen LogP contribution in [0.1, 0.15) is 5.56 Å². The minimum absolute atomic E-state index is 0.0798. The average Bonchev–Trinajstić information content (AvgIpc) is 2.18. The van der Waals surface area contributed by atoms with Crippen LogP contribution < -0.4 is 10.0 Å². The first-order valence-corrected chi connectivity index (χ1v) is 6.57. The van der Waals surface area contributed by atoms with Gasteiger partial charge in [-0.15, -0.1) is 0 Å². The number of nitrogens with one attached hydrogen (secondary N) is 2. The maximum Gasteiger partial charge on any atom is 0.229 e. The molecule has 0 unspecified atom stereocenters. The van der Waals surface area contributed by atoms with Crippen molar-refractivity contribution in [1.29, 1.82) is 0 Å². The molecule has 0 bridgehead atoms. The highest BCUT2D eigenvalue weighted by molar-refractivity contribution is 7.92. The predicted molar refractivity (Wildman–Crippen MR) is 62.7 cm³/mol. The zero-order valence-corrected chi connectivity index (χ0v) is 9.97. The Kier molecular flexibility index (Phi) is 3.89. The fourth-order valence-corrected chi connectivity index (χ4v) is 1.74. The number of hydrogen-bond acceptors (Lipinski definition) is 3. The molecule has 5 nitrogen and oxygen atoms in total. The summed E-state index contributed by atoms with van der Waals surface area (Å²) in [5.41, 5.74) is 1.32. The van der Waals surface area contributed by atoms with Crippen molar-refractivity contribution in [3.63, 3.8) is 0 Å². The molecule has 0 aliphatic heterocycles. The Morgan fingerprint density at radius 2 is 1.81 bits per heavy atom. The van der Waals surface area contributed by atoms with Gasteiger partial charge in [0.05, 0.1) is 12.7 Å². The van der Waals surface area contributed by atoms with Crippen molar-refractivity contribution in [3.05, 3.63) is 29.8 Å². The van der Waals surface area contributed by atoms with Crippen LogP contribution in [-0.4, -0.2) is 27.6 Å². The standard InChI is InChI=1S/C10H14N2O3S/c1-11-10(13)7-8-3-5-9(6-4-8)12-16(2,14)15/h3-6,12H,7H2,1-2H3,(H,11,13). The number of rotatable bonds is 4. The second-order valence-electron chi connectivity index (χ2n) is 3.42. The zero-order valence-electron chi connectivity index (χ0n) is 9.15. The Bertz CT molecular complexity index is 465. The van der Waals surface area contributed by atoms with Crippen molar-refractivity contribution in [3.8, 4) is 0 Å². The highest BCUT2D eigenvalue weighted by Gasteiger charge is 2.03. The predicted octanol–water partition coefficient (Wildman–Crippen LogP) is 0.347. The smallest absolute Gasteiger partial charge is 0.229 e. The van der Waals surface area contributed by atoms with Crippen LogP contribution in [0.5, 0.6) is 0 Å². The van der Waals surface area contributed by atoms with E-state index in [4.69, 9.17) is 0 Å². The van der Waals surface area contributed by atoms with Crippen LogP contribution in [0.2, 0.25) is 0 Å². The Labute approximate surface area is 94.9 Å². The second kappa shape index (κ2) is 4.98. The van der Waals surface area contributed by atoms with E-state index in [1.165, 1.54) is 0 Å². The first-order chi connectivity index (χ1) is 7.40. The van der Waals surface area contributed by atoms with Crippen molar-refractivity contribution in [2.45, 2.75) is 6.42 Å². The number of amides is 1. The van der Waals surface area contributed by atoms with Crippen molar-refractivity contribution in [2.24, 2.45) is 0 Å². The third-order valence-electron chi connectivity index (χ3n) is 1.90. The number of likely N-dealkylation sites (N-methyl/N-ethyl adjacent to an activating group) is 1. The molecule has 1 amide bonds. The Morgan fingerprint density at radius 1 is 1.25 bits per heavy atom.